The minimum absolute atomic E-state index is 1.22. The van der Waals surface area contributed by atoms with Crippen LogP contribution in [0.25, 0.3) is 109 Å². The van der Waals surface area contributed by atoms with Crippen molar-refractivity contribution in [3.8, 4) is 55.6 Å². The monoisotopic (exact) mass is 630 g/mol. The molecule has 1 aliphatic carbocycles. The van der Waals surface area contributed by atoms with E-state index in [1.165, 1.54) is 109 Å². The number of hydrogen-bond acceptors (Lipinski definition) is 0. The van der Waals surface area contributed by atoms with Crippen LogP contribution in [0.1, 0.15) is 0 Å². The molecule has 0 nitrogen and oxygen atoms in total. The van der Waals surface area contributed by atoms with Crippen molar-refractivity contribution in [2.24, 2.45) is 0 Å². The van der Waals surface area contributed by atoms with Crippen LogP contribution in [0.5, 0.6) is 0 Å². The van der Waals surface area contributed by atoms with Crippen molar-refractivity contribution in [1.29, 1.82) is 0 Å². The molecule has 0 radical (unpaired) electrons. The molecule has 0 saturated carbocycles. The van der Waals surface area contributed by atoms with Crippen molar-refractivity contribution < 1.29 is 0 Å². The summed E-state index contributed by atoms with van der Waals surface area (Å²) < 4.78 is 0. The lowest BCUT2D eigenvalue weighted by molar-refractivity contribution is 1.62. The molecule has 0 spiro atoms. The van der Waals surface area contributed by atoms with Gasteiger partial charge in [0.05, 0.1) is 0 Å². The number of fused-ring (bicyclic) bond motifs is 9. The first-order chi connectivity index (χ1) is 24.8. The van der Waals surface area contributed by atoms with E-state index in [0.29, 0.717) is 0 Å². The summed E-state index contributed by atoms with van der Waals surface area (Å²) in [5, 5.41) is 12.9. The van der Waals surface area contributed by atoms with Gasteiger partial charge in [-0.2, -0.15) is 0 Å². The molecule has 0 N–H and O–H groups in total. The molecule has 10 aromatic rings. The molecular weight excluding hydrogens is 601 g/mol. The van der Waals surface area contributed by atoms with Crippen LogP contribution in [0.4, 0.5) is 0 Å². The highest BCUT2D eigenvalue weighted by molar-refractivity contribution is 6.24. The van der Waals surface area contributed by atoms with Gasteiger partial charge in [-0.25, -0.2) is 0 Å². The van der Waals surface area contributed by atoms with E-state index >= 15 is 0 Å². The molecule has 0 fully saturated rings. The lowest BCUT2D eigenvalue weighted by atomic mass is 9.89. The Morgan fingerprint density at radius 2 is 0.740 bits per heavy atom. The third-order valence-corrected chi connectivity index (χ3v) is 11.0. The van der Waals surface area contributed by atoms with Crippen LogP contribution in [0.3, 0.4) is 0 Å². The van der Waals surface area contributed by atoms with Crippen molar-refractivity contribution in [3.05, 3.63) is 182 Å². The molecule has 0 aromatic heterocycles. The summed E-state index contributed by atoms with van der Waals surface area (Å²) in [6, 6.07) is 67.6. The average molecular weight is 631 g/mol. The van der Waals surface area contributed by atoms with Gasteiger partial charge in [0.2, 0.25) is 0 Å². The highest BCUT2D eigenvalue weighted by Gasteiger charge is 2.22. The van der Waals surface area contributed by atoms with E-state index in [1.54, 1.807) is 0 Å². The number of hydrogen-bond donors (Lipinski definition) is 0. The average Bonchev–Trinajstić information content (AvgIpc) is 3.52. The van der Waals surface area contributed by atoms with E-state index in [1.807, 2.05) is 0 Å². The maximum atomic E-state index is 2.37. The van der Waals surface area contributed by atoms with Gasteiger partial charge in [-0.3, -0.25) is 0 Å². The fourth-order valence-electron chi connectivity index (χ4n) is 8.63. The first-order valence-electron chi connectivity index (χ1n) is 17.4. The Bertz CT molecular complexity index is 2990. The number of benzene rings is 10. The van der Waals surface area contributed by atoms with E-state index in [0.717, 1.165) is 0 Å². The molecule has 10 aromatic carbocycles. The third-order valence-electron chi connectivity index (χ3n) is 11.0. The second kappa shape index (κ2) is 10.5. The fourth-order valence-corrected chi connectivity index (χ4v) is 8.63. The molecular formula is C50H30. The Balaban J connectivity index is 1.04. The maximum absolute atomic E-state index is 2.37. The topological polar surface area (TPSA) is 0 Å². The minimum atomic E-state index is 1.22. The first kappa shape index (κ1) is 27.5. The smallest absolute Gasteiger partial charge is 0.00201 e. The van der Waals surface area contributed by atoms with Crippen molar-refractivity contribution in [1.82, 2.24) is 0 Å². The summed E-state index contributed by atoms with van der Waals surface area (Å²) in [7, 11) is 0. The normalized spacial score (nSPS) is 12.0. The highest BCUT2D eigenvalue weighted by Crippen LogP contribution is 2.49. The molecule has 0 heterocycles. The lowest BCUT2D eigenvalue weighted by Crippen LogP contribution is -1.88. The van der Waals surface area contributed by atoms with Gasteiger partial charge in [0, 0.05) is 0 Å². The van der Waals surface area contributed by atoms with E-state index in [4.69, 9.17) is 0 Å². The molecule has 0 unspecified atom stereocenters. The third kappa shape index (κ3) is 4.00. The summed E-state index contributed by atoms with van der Waals surface area (Å²) in [5.41, 5.74) is 12.8. The van der Waals surface area contributed by atoms with E-state index in [-0.39, 0.29) is 0 Å². The SMILES string of the molecule is c1cc(-c2ccc3ccc(-c4ccc5c6c(cccc46)-c4ccccc4-5)cc3c2)cc(-c2cc3ccccc3c3c2ccc2ccccc23)c1. The molecule has 0 amide bonds. The second-order valence-corrected chi connectivity index (χ2v) is 13.6. The van der Waals surface area contributed by atoms with Gasteiger partial charge in [-0.15, -0.1) is 0 Å². The summed E-state index contributed by atoms with van der Waals surface area (Å²) in [5.74, 6) is 0. The zero-order valence-corrected chi connectivity index (χ0v) is 27.3. The largest absolute Gasteiger partial charge is 0.0616 e. The van der Waals surface area contributed by atoms with Gasteiger partial charge in [0.15, 0.2) is 0 Å². The predicted molar refractivity (Wildman–Crippen MR) is 215 cm³/mol. The summed E-state index contributed by atoms with van der Waals surface area (Å²) >= 11 is 0. The molecule has 0 aliphatic heterocycles. The van der Waals surface area contributed by atoms with Gasteiger partial charge in [0.1, 0.15) is 0 Å². The Morgan fingerprint density at radius 1 is 0.200 bits per heavy atom. The summed E-state index contributed by atoms with van der Waals surface area (Å²) in [6.45, 7) is 0. The zero-order valence-electron chi connectivity index (χ0n) is 27.3. The Morgan fingerprint density at radius 3 is 1.60 bits per heavy atom. The predicted octanol–water partition coefficient (Wildman–Crippen LogP) is 14.1. The van der Waals surface area contributed by atoms with E-state index in [9.17, 15) is 0 Å². The standard InChI is InChI=1S/C50H30/c1-3-13-40-32(9-1)23-24-47-48(30-36-10-2-4-14-41(36)49(40)47)35-12-7-11-33(27-35)34-21-19-31-20-22-37(29-38(31)28-34)39-25-26-46-43-16-6-5-15-42(43)45-18-8-17-44(39)50(45)46/h1-30H. The zero-order chi connectivity index (χ0) is 32.8. The minimum Gasteiger partial charge on any atom is -0.0616 e. The van der Waals surface area contributed by atoms with Crippen LogP contribution in [0, 0.1) is 0 Å². The van der Waals surface area contributed by atoms with Crippen LogP contribution in [0.15, 0.2) is 182 Å². The lowest BCUT2D eigenvalue weighted by Gasteiger charge is -2.15. The Hall–Kier alpha value is -6.50. The second-order valence-electron chi connectivity index (χ2n) is 13.6. The maximum Gasteiger partial charge on any atom is -0.00201 e. The highest BCUT2D eigenvalue weighted by atomic mass is 14.2. The Labute approximate surface area is 290 Å². The molecule has 0 saturated heterocycles. The van der Waals surface area contributed by atoms with Crippen LogP contribution in [0.2, 0.25) is 0 Å². The van der Waals surface area contributed by atoms with Gasteiger partial charge in [0.25, 0.3) is 0 Å². The summed E-state index contributed by atoms with van der Waals surface area (Å²) in [6.07, 6.45) is 0. The van der Waals surface area contributed by atoms with Crippen molar-refractivity contribution >= 4 is 53.9 Å². The van der Waals surface area contributed by atoms with Crippen LogP contribution in [-0.2, 0) is 0 Å². The summed E-state index contributed by atoms with van der Waals surface area (Å²) in [4.78, 5) is 0. The molecule has 230 valence electrons. The van der Waals surface area contributed by atoms with Crippen LogP contribution < -0.4 is 0 Å². The van der Waals surface area contributed by atoms with Gasteiger partial charge >= 0.3 is 0 Å². The quantitative estimate of drug-likeness (QED) is 0.170. The van der Waals surface area contributed by atoms with Crippen molar-refractivity contribution in [3.63, 3.8) is 0 Å². The van der Waals surface area contributed by atoms with Gasteiger partial charge < -0.3 is 0 Å². The molecule has 0 bridgehead atoms. The molecule has 0 heteroatoms. The Kier molecular flexibility index (Phi) is 5.76. The van der Waals surface area contributed by atoms with Crippen LogP contribution >= 0.6 is 0 Å². The van der Waals surface area contributed by atoms with Crippen LogP contribution in [-0.4, -0.2) is 0 Å². The fraction of sp³-hybridized carbons (Fsp3) is 0. The van der Waals surface area contributed by atoms with E-state index in [2.05, 4.69) is 182 Å². The first-order valence-corrected chi connectivity index (χ1v) is 17.4. The van der Waals surface area contributed by atoms with Gasteiger partial charge in [-0.05, 0) is 134 Å². The van der Waals surface area contributed by atoms with Crippen molar-refractivity contribution in [2.45, 2.75) is 0 Å². The van der Waals surface area contributed by atoms with Crippen molar-refractivity contribution in [2.75, 3.05) is 0 Å². The molecule has 50 heavy (non-hydrogen) atoms. The van der Waals surface area contributed by atoms with E-state index < -0.39 is 0 Å². The van der Waals surface area contributed by atoms with Gasteiger partial charge in [-0.1, -0.05) is 158 Å². The number of rotatable bonds is 3. The molecule has 0 atom stereocenters. The molecule has 11 rings (SSSR count). The molecule has 1 aliphatic rings.